The summed E-state index contributed by atoms with van der Waals surface area (Å²) in [7, 11) is 0. The average molecular weight is 267 g/mol. The number of carbonyl (C=O) groups excluding carboxylic acids is 1. The lowest BCUT2D eigenvalue weighted by Crippen LogP contribution is -2.06. The van der Waals surface area contributed by atoms with Gasteiger partial charge in [-0.3, -0.25) is 0 Å². The standard InChI is InChI=1S/C16H13NO3/c1-2-19-16(18)12-8-4-3-7-11(12)15-17-13-9-5-6-10-14(13)20-15/h3-10H,2H2,1H3. The summed E-state index contributed by atoms with van der Waals surface area (Å²) in [4.78, 5) is 16.4. The molecule has 0 saturated carbocycles. The molecule has 1 aromatic heterocycles. The molecule has 4 nitrogen and oxygen atoms in total. The number of esters is 1. The Kier molecular flexibility index (Phi) is 3.21. The van der Waals surface area contributed by atoms with Crippen LogP contribution in [0.2, 0.25) is 0 Å². The lowest BCUT2D eigenvalue weighted by atomic mass is 10.1. The fraction of sp³-hybridized carbons (Fsp3) is 0.125. The number of aromatic nitrogens is 1. The van der Waals surface area contributed by atoms with E-state index in [-0.39, 0.29) is 5.97 Å². The minimum absolute atomic E-state index is 0.334. The van der Waals surface area contributed by atoms with Gasteiger partial charge in [-0.2, -0.15) is 0 Å². The van der Waals surface area contributed by atoms with Crippen molar-refractivity contribution in [3.05, 3.63) is 54.1 Å². The molecule has 2 aromatic carbocycles. The third-order valence-corrected chi connectivity index (χ3v) is 2.95. The molecule has 0 aliphatic heterocycles. The molecule has 0 amide bonds. The average Bonchev–Trinajstić information content (AvgIpc) is 2.91. The van der Waals surface area contributed by atoms with Gasteiger partial charge in [0, 0.05) is 0 Å². The highest BCUT2D eigenvalue weighted by atomic mass is 16.5. The van der Waals surface area contributed by atoms with Crippen molar-refractivity contribution < 1.29 is 13.9 Å². The molecule has 0 bridgehead atoms. The van der Waals surface area contributed by atoms with Crippen LogP contribution in [0.25, 0.3) is 22.6 Å². The molecular formula is C16H13NO3. The van der Waals surface area contributed by atoms with Crippen LogP contribution in [0.4, 0.5) is 0 Å². The molecule has 0 spiro atoms. The second kappa shape index (κ2) is 5.17. The van der Waals surface area contributed by atoms with Crippen LogP contribution in [0.3, 0.4) is 0 Å². The third kappa shape index (κ3) is 2.16. The van der Waals surface area contributed by atoms with Gasteiger partial charge in [-0.25, -0.2) is 9.78 Å². The van der Waals surface area contributed by atoms with Gasteiger partial charge >= 0.3 is 5.97 Å². The van der Waals surface area contributed by atoms with Crippen LogP contribution in [0.15, 0.2) is 52.9 Å². The summed E-state index contributed by atoms with van der Waals surface area (Å²) in [5.41, 5.74) is 2.56. The Morgan fingerprint density at radius 3 is 2.70 bits per heavy atom. The van der Waals surface area contributed by atoms with Gasteiger partial charge in [-0.1, -0.05) is 24.3 Å². The van der Waals surface area contributed by atoms with Gasteiger partial charge in [-0.05, 0) is 31.2 Å². The number of oxazole rings is 1. The maximum absolute atomic E-state index is 12.0. The van der Waals surface area contributed by atoms with Crippen LogP contribution < -0.4 is 0 Å². The molecular weight excluding hydrogens is 254 g/mol. The maximum Gasteiger partial charge on any atom is 0.338 e. The van der Waals surface area contributed by atoms with E-state index in [2.05, 4.69) is 4.98 Å². The number of para-hydroxylation sites is 2. The van der Waals surface area contributed by atoms with Crippen LogP contribution in [0.5, 0.6) is 0 Å². The van der Waals surface area contributed by atoms with E-state index >= 15 is 0 Å². The fourth-order valence-corrected chi connectivity index (χ4v) is 2.04. The normalized spacial score (nSPS) is 10.7. The number of hydrogen-bond donors (Lipinski definition) is 0. The molecule has 0 aliphatic rings. The number of carbonyl (C=O) groups is 1. The Morgan fingerprint density at radius 1 is 1.15 bits per heavy atom. The molecule has 3 aromatic rings. The predicted molar refractivity (Wildman–Crippen MR) is 75.4 cm³/mol. The second-order valence-electron chi connectivity index (χ2n) is 4.25. The number of rotatable bonds is 3. The van der Waals surface area contributed by atoms with Crippen molar-refractivity contribution in [3.63, 3.8) is 0 Å². The fourth-order valence-electron chi connectivity index (χ4n) is 2.04. The molecule has 1 heterocycles. The quantitative estimate of drug-likeness (QED) is 0.679. The summed E-state index contributed by atoms with van der Waals surface area (Å²) in [6.07, 6.45) is 0. The minimum Gasteiger partial charge on any atom is -0.462 e. The predicted octanol–water partition coefficient (Wildman–Crippen LogP) is 3.67. The van der Waals surface area contributed by atoms with Crippen LogP contribution in [-0.2, 0) is 4.74 Å². The van der Waals surface area contributed by atoms with Crippen molar-refractivity contribution in [2.45, 2.75) is 6.92 Å². The first kappa shape index (κ1) is 12.4. The summed E-state index contributed by atoms with van der Waals surface area (Å²) < 4.78 is 10.8. The zero-order chi connectivity index (χ0) is 13.9. The zero-order valence-electron chi connectivity index (χ0n) is 11.0. The van der Waals surface area contributed by atoms with E-state index in [1.54, 1.807) is 25.1 Å². The molecule has 20 heavy (non-hydrogen) atoms. The highest BCUT2D eigenvalue weighted by Crippen LogP contribution is 2.27. The number of hydrogen-bond acceptors (Lipinski definition) is 4. The first-order valence-electron chi connectivity index (χ1n) is 6.41. The molecule has 100 valence electrons. The van der Waals surface area contributed by atoms with Crippen molar-refractivity contribution in [1.29, 1.82) is 0 Å². The van der Waals surface area contributed by atoms with E-state index in [0.29, 0.717) is 29.2 Å². The number of nitrogens with zero attached hydrogens (tertiary/aromatic N) is 1. The number of fused-ring (bicyclic) bond motifs is 1. The highest BCUT2D eigenvalue weighted by Gasteiger charge is 2.17. The van der Waals surface area contributed by atoms with Gasteiger partial charge in [0.2, 0.25) is 5.89 Å². The van der Waals surface area contributed by atoms with Crippen molar-refractivity contribution in [2.75, 3.05) is 6.61 Å². The second-order valence-corrected chi connectivity index (χ2v) is 4.25. The Balaban J connectivity index is 2.11. The van der Waals surface area contributed by atoms with Gasteiger partial charge in [-0.15, -0.1) is 0 Å². The van der Waals surface area contributed by atoms with Gasteiger partial charge in [0.1, 0.15) is 5.52 Å². The molecule has 0 atom stereocenters. The lowest BCUT2D eigenvalue weighted by molar-refractivity contribution is 0.0527. The largest absolute Gasteiger partial charge is 0.462 e. The molecule has 0 saturated heterocycles. The number of ether oxygens (including phenoxy) is 1. The van der Waals surface area contributed by atoms with Gasteiger partial charge < -0.3 is 9.15 Å². The summed E-state index contributed by atoms with van der Waals surface area (Å²) in [6, 6.07) is 14.6. The number of benzene rings is 2. The van der Waals surface area contributed by atoms with E-state index in [1.165, 1.54) is 0 Å². The topological polar surface area (TPSA) is 52.3 Å². The molecule has 0 N–H and O–H groups in total. The van der Waals surface area contributed by atoms with Crippen molar-refractivity contribution >= 4 is 17.1 Å². The van der Waals surface area contributed by atoms with E-state index in [4.69, 9.17) is 9.15 Å². The molecule has 0 radical (unpaired) electrons. The molecule has 0 unspecified atom stereocenters. The Hall–Kier alpha value is -2.62. The van der Waals surface area contributed by atoms with E-state index in [1.807, 2.05) is 30.3 Å². The molecule has 0 fully saturated rings. The van der Waals surface area contributed by atoms with Gasteiger partial charge in [0.25, 0.3) is 0 Å². The summed E-state index contributed by atoms with van der Waals surface area (Å²) in [5, 5.41) is 0. The van der Waals surface area contributed by atoms with Crippen LogP contribution in [0.1, 0.15) is 17.3 Å². The molecule has 4 heteroatoms. The summed E-state index contributed by atoms with van der Waals surface area (Å²) >= 11 is 0. The van der Waals surface area contributed by atoms with Crippen molar-refractivity contribution in [2.24, 2.45) is 0 Å². The van der Waals surface area contributed by atoms with Gasteiger partial charge in [0.05, 0.1) is 17.7 Å². The first-order valence-corrected chi connectivity index (χ1v) is 6.41. The minimum atomic E-state index is -0.370. The van der Waals surface area contributed by atoms with E-state index in [9.17, 15) is 4.79 Å². The smallest absolute Gasteiger partial charge is 0.338 e. The van der Waals surface area contributed by atoms with Gasteiger partial charge in [0.15, 0.2) is 5.58 Å². The first-order chi connectivity index (χ1) is 9.79. The van der Waals surface area contributed by atoms with E-state index < -0.39 is 0 Å². The highest BCUT2D eigenvalue weighted by molar-refractivity contribution is 5.96. The van der Waals surface area contributed by atoms with E-state index in [0.717, 1.165) is 5.52 Å². The SMILES string of the molecule is CCOC(=O)c1ccccc1-c1nc2ccccc2o1. The summed E-state index contributed by atoms with van der Waals surface area (Å²) in [6.45, 7) is 2.11. The maximum atomic E-state index is 12.0. The van der Waals surface area contributed by atoms with Crippen molar-refractivity contribution in [3.8, 4) is 11.5 Å². The van der Waals surface area contributed by atoms with Crippen LogP contribution in [-0.4, -0.2) is 17.6 Å². The lowest BCUT2D eigenvalue weighted by Gasteiger charge is -2.05. The molecule has 3 rings (SSSR count). The van der Waals surface area contributed by atoms with Crippen molar-refractivity contribution in [1.82, 2.24) is 4.98 Å². The Bertz CT molecular complexity index is 728. The Labute approximate surface area is 116 Å². The monoisotopic (exact) mass is 267 g/mol. The zero-order valence-corrected chi connectivity index (χ0v) is 11.0. The Morgan fingerprint density at radius 2 is 1.90 bits per heavy atom. The molecule has 0 aliphatic carbocycles. The van der Waals surface area contributed by atoms with Crippen LogP contribution in [0, 0.1) is 0 Å². The van der Waals surface area contributed by atoms with Crippen LogP contribution >= 0.6 is 0 Å². The third-order valence-electron chi connectivity index (χ3n) is 2.95. The summed E-state index contributed by atoms with van der Waals surface area (Å²) in [5.74, 6) is 0.0557.